The second-order valence-electron chi connectivity index (χ2n) is 7.48. The maximum atomic E-state index is 11.1. The predicted octanol–water partition coefficient (Wildman–Crippen LogP) is 4.58. The van der Waals surface area contributed by atoms with Crippen LogP contribution in [0.5, 0.6) is 5.75 Å². The van der Waals surface area contributed by atoms with Crippen molar-refractivity contribution in [2.24, 2.45) is 0 Å². The maximum Gasteiger partial charge on any atom is 0.129 e. The zero-order valence-corrected chi connectivity index (χ0v) is 15.7. The molecule has 1 aromatic heterocycles. The molecule has 4 aromatic rings. The molecule has 0 radical (unpaired) electrons. The molecule has 0 bridgehead atoms. The number of benzene rings is 3. The number of fused-ring (bicyclic) bond motifs is 2. The molecule has 5 rings (SSSR count). The average Bonchev–Trinajstić information content (AvgIpc) is 2.74. The van der Waals surface area contributed by atoms with Crippen molar-refractivity contribution < 1.29 is 5.11 Å². The van der Waals surface area contributed by atoms with E-state index in [2.05, 4.69) is 70.4 Å². The standard InChI is InChI=1S/C24H21N3O/c1-27-13-21(18-7-6-16-4-2-3-5-17(16)12-18)19-8-9-20(24(28)22(19)14-27)23-10-11-25-15-26-23/h2-12,15,21,28H,13-14H2,1H3. The fourth-order valence-corrected chi connectivity index (χ4v) is 4.26. The molecule has 0 saturated heterocycles. The van der Waals surface area contributed by atoms with Gasteiger partial charge in [0.1, 0.15) is 12.1 Å². The summed E-state index contributed by atoms with van der Waals surface area (Å²) < 4.78 is 0. The zero-order chi connectivity index (χ0) is 19.1. The Hall–Kier alpha value is -3.24. The van der Waals surface area contributed by atoms with Crippen LogP contribution in [0.25, 0.3) is 22.0 Å². The van der Waals surface area contributed by atoms with Gasteiger partial charge in [-0.25, -0.2) is 9.97 Å². The molecule has 138 valence electrons. The van der Waals surface area contributed by atoms with E-state index in [0.29, 0.717) is 5.75 Å². The number of likely N-dealkylation sites (N-methyl/N-ethyl adjacent to an activating group) is 1. The van der Waals surface area contributed by atoms with Crippen LogP contribution in [-0.4, -0.2) is 33.6 Å². The lowest BCUT2D eigenvalue weighted by molar-refractivity contribution is 0.288. The molecule has 1 aliphatic heterocycles. The monoisotopic (exact) mass is 367 g/mol. The molecule has 1 unspecified atom stereocenters. The van der Waals surface area contributed by atoms with Gasteiger partial charge in [0.15, 0.2) is 0 Å². The number of rotatable bonds is 2. The molecule has 1 aliphatic rings. The fourth-order valence-electron chi connectivity index (χ4n) is 4.26. The van der Waals surface area contributed by atoms with Gasteiger partial charge in [-0.15, -0.1) is 0 Å². The van der Waals surface area contributed by atoms with E-state index in [4.69, 9.17) is 0 Å². The number of hydrogen-bond acceptors (Lipinski definition) is 4. The summed E-state index contributed by atoms with van der Waals surface area (Å²) in [6.45, 7) is 1.65. The van der Waals surface area contributed by atoms with Crippen LogP contribution in [0.15, 0.2) is 73.2 Å². The van der Waals surface area contributed by atoms with Gasteiger partial charge in [-0.1, -0.05) is 48.5 Å². The normalized spacial score (nSPS) is 16.8. The van der Waals surface area contributed by atoms with Gasteiger partial charge in [0, 0.05) is 36.3 Å². The van der Waals surface area contributed by atoms with Crippen molar-refractivity contribution in [3.63, 3.8) is 0 Å². The Morgan fingerprint density at radius 2 is 1.86 bits per heavy atom. The quantitative estimate of drug-likeness (QED) is 0.563. The Labute approximate surface area is 164 Å². The van der Waals surface area contributed by atoms with E-state index in [0.717, 1.165) is 29.9 Å². The third-order valence-corrected chi connectivity index (χ3v) is 5.65. The van der Waals surface area contributed by atoms with Gasteiger partial charge in [-0.3, -0.25) is 0 Å². The number of phenolic OH excluding ortho intramolecular Hbond substituents is 1. The summed E-state index contributed by atoms with van der Waals surface area (Å²) >= 11 is 0. The van der Waals surface area contributed by atoms with Gasteiger partial charge in [0.25, 0.3) is 0 Å². The minimum Gasteiger partial charge on any atom is -0.507 e. The highest BCUT2D eigenvalue weighted by Crippen LogP contribution is 2.41. The molecule has 0 fully saturated rings. The van der Waals surface area contributed by atoms with E-state index >= 15 is 0 Å². The summed E-state index contributed by atoms with van der Waals surface area (Å²) in [6.07, 6.45) is 3.21. The molecule has 4 nitrogen and oxygen atoms in total. The van der Waals surface area contributed by atoms with Crippen LogP contribution in [-0.2, 0) is 6.54 Å². The van der Waals surface area contributed by atoms with Crippen LogP contribution in [0.1, 0.15) is 22.6 Å². The second-order valence-corrected chi connectivity index (χ2v) is 7.48. The maximum absolute atomic E-state index is 11.1. The third kappa shape index (κ3) is 2.83. The van der Waals surface area contributed by atoms with Crippen molar-refractivity contribution in [3.8, 4) is 17.0 Å². The van der Waals surface area contributed by atoms with E-state index < -0.39 is 0 Å². The van der Waals surface area contributed by atoms with E-state index in [9.17, 15) is 5.11 Å². The molecule has 0 spiro atoms. The first-order valence-electron chi connectivity index (χ1n) is 9.49. The Kier molecular flexibility index (Phi) is 4.06. The molecule has 1 atom stereocenters. The van der Waals surface area contributed by atoms with Crippen molar-refractivity contribution in [1.82, 2.24) is 14.9 Å². The number of nitrogens with zero attached hydrogens (tertiary/aromatic N) is 3. The molecular weight excluding hydrogens is 346 g/mol. The Morgan fingerprint density at radius 1 is 1.00 bits per heavy atom. The second kappa shape index (κ2) is 6.73. The zero-order valence-electron chi connectivity index (χ0n) is 15.7. The van der Waals surface area contributed by atoms with Gasteiger partial charge >= 0.3 is 0 Å². The van der Waals surface area contributed by atoms with Gasteiger partial charge < -0.3 is 10.0 Å². The fraction of sp³-hybridized carbons (Fsp3) is 0.167. The van der Waals surface area contributed by atoms with E-state index in [1.807, 2.05) is 12.1 Å². The largest absolute Gasteiger partial charge is 0.507 e. The summed E-state index contributed by atoms with van der Waals surface area (Å²) in [7, 11) is 2.10. The summed E-state index contributed by atoms with van der Waals surface area (Å²) in [5.74, 6) is 0.553. The molecule has 0 aliphatic carbocycles. The van der Waals surface area contributed by atoms with E-state index in [1.54, 1.807) is 6.20 Å². The predicted molar refractivity (Wildman–Crippen MR) is 111 cm³/mol. The van der Waals surface area contributed by atoms with Gasteiger partial charge in [0.2, 0.25) is 0 Å². The molecule has 4 heteroatoms. The minimum absolute atomic E-state index is 0.226. The highest BCUT2D eigenvalue weighted by atomic mass is 16.3. The van der Waals surface area contributed by atoms with Crippen LogP contribution in [0.2, 0.25) is 0 Å². The van der Waals surface area contributed by atoms with Crippen molar-refractivity contribution in [2.45, 2.75) is 12.5 Å². The lowest BCUT2D eigenvalue weighted by Gasteiger charge is -2.33. The lowest BCUT2D eigenvalue weighted by Crippen LogP contribution is -2.31. The lowest BCUT2D eigenvalue weighted by atomic mass is 9.82. The van der Waals surface area contributed by atoms with Crippen molar-refractivity contribution >= 4 is 10.8 Å². The SMILES string of the molecule is CN1Cc2c(ccc(-c3ccncn3)c2O)C(c2ccc3ccccc3c2)C1. The van der Waals surface area contributed by atoms with Crippen molar-refractivity contribution in [1.29, 1.82) is 0 Å². The van der Waals surface area contributed by atoms with Crippen LogP contribution >= 0.6 is 0 Å². The molecular formula is C24H21N3O. The van der Waals surface area contributed by atoms with Crippen molar-refractivity contribution in [2.75, 3.05) is 13.6 Å². The average molecular weight is 367 g/mol. The number of aromatic hydroxyl groups is 1. The molecule has 3 aromatic carbocycles. The Balaban J connectivity index is 1.63. The van der Waals surface area contributed by atoms with Gasteiger partial charge in [-0.2, -0.15) is 0 Å². The van der Waals surface area contributed by atoms with Crippen molar-refractivity contribution in [3.05, 3.63) is 89.9 Å². The summed E-state index contributed by atoms with van der Waals surface area (Å²) in [5.41, 5.74) is 4.96. The van der Waals surface area contributed by atoms with Gasteiger partial charge in [0.05, 0.1) is 5.69 Å². The number of aromatic nitrogens is 2. The molecule has 0 amide bonds. The number of phenols is 1. The Bertz CT molecular complexity index is 1160. The molecule has 1 N–H and O–H groups in total. The van der Waals surface area contributed by atoms with Crippen LogP contribution < -0.4 is 0 Å². The highest BCUT2D eigenvalue weighted by molar-refractivity contribution is 5.83. The number of hydrogen-bond donors (Lipinski definition) is 1. The first-order chi connectivity index (χ1) is 13.7. The first kappa shape index (κ1) is 16.9. The highest BCUT2D eigenvalue weighted by Gasteiger charge is 2.28. The summed E-state index contributed by atoms with van der Waals surface area (Å²) in [4.78, 5) is 10.5. The summed E-state index contributed by atoms with van der Waals surface area (Å²) in [6, 6.07) is 21.1. The van der Waals surface area contributed by atoms with Crippen LogP contribution in [0.3, 0.4) is 0 Å². The van der Waals surface area contributed by atoms with Crippen LogP contribution in [0, 0.1) is 0 Å². The van der Waals surface area contributed by atoms with E-state index in [-0.39, 0.29) is 5.92 Å². The first-order valence-corrected chi connectivity index (χ1v) is 9.49. The molecule has 0 saturated carbocycles. The third-order valence-electron chi connectivity index (χ3n) is 5.65. The minimum atomic E-state index is 0.226. The smallest absolute Gasteiger partial charge is 0.129 e. The Morgan fingerprint density at radius 3 is 2.68 bits per heavy atom. The van der Waals surface area contributed by atoms with E-state index in [1.165, 1.54) is 28.2 Å². The molecule has 28 heavy (non-hydrogen) atoms. The van der Waals surface area contributed by atoms with Gasteiger partial charge in [-0.05, 0) is 41.1 Å². The molecule has 2 heterocycles. The topological polar surface area (TPSA) is 49.2 Å². The van der Waals surface area contributed by atoms with Crippen LogP contribution in [0.4, 0.5) is 0 Å². The summed E-state index contributed by atoms with van der Waals surface area (Å²) in [5, 5.41) is 13.5.